The van der Waals surface area contributed by atoms with Crippen molar-refractivity contribution in [2.24, 2.45) is 16.6 Å². The van der Waals surface area contributed by atoms with Gasteiger partial charge in [-0.05, 0) is 24.6 Å². The van der Waals surface area contributed by atoms with Gasteiger partial charge in [-0.2, -0.15) is 0 Å². The highest BCUT2D eigenvalue weighted by atomic mass is 19.1. The second kappa shape index (κ2) is 7.92. The molecular formula is C17H23FN4O2. The molecular weight excluding hydrogens is 311 g/mol. The molecule has 0 amide bonds. The van der Waals surface area contributed by atoms with Gasteiger partial charge in [0.05, 0.1) is 13.2 Å². The molecule has 0 aliphatic carbocycles. The number of aliphatic imine (C=N–C) groups is 1. The maximum Gasteiger partial charge on any atom is 0.354 e. The number of anilines is 1. The number of carbonyl (C=O) groups excluding carboxylic acids is 1. The van der Waals surface area contributed by atoms with Gasteiger partial charge < -0.3 is 21.5 Å². The van der Waals surface area contributed by atoms with Crippen LogP contribution < -0.4 is 16.8 Å². The van der Waals surface area contributed by atoms with Crippen molar-refractivity contribution < 1.29 is 13.9 Å². The number of nitrogens with zero attached hydrogens (tertiary/aromatic N) is 1. The Morgan fingerprint density at radius 2 is 2.25 bits per heavy atom. The lowest BCUT2D eigenvalue weighted by atomic mass is 9.92. The molecule has 1 saturated heterocycles. The molecule has 0 saturated carbocycles. The van der Waals surface area contributed by atoms with E-state index in [9.17, 15) is 9.18 Å². The molecule has 1 fully saturated rings. The van der Waals surface area contributed by atoms with E-state index < -0.39 is 5.97 Å². The van der Waals surface area contributed by atoms with Crippen LogP contribution in [0.3, 0.4) is 0 Å². The summed E-state index contributed by atoms with van der Waals surface area (Å²) in [6.07, 6.45) is 0. The summed E-state index contributed by atoms with van der Waals surface area (Å²) in [5.74, 6) is -0.841. The molecule has 1 aliphatic heterocycles. The molecule has 2 rings (SSSR count). The van der Waals surface area contributed by atoms with Gasteiger partial charge in [-0.3, -0.25) is 4.99 Å². The summed E-state index contributed by atoms with van der Waals surface area (Å²) in [6, 6.07) is 4.23. The summed E-state index contributed by atoms with van der Waals surface area (Å²) < 4.78 is 18.1. The summed E-state index contributed by atoms with van der Waals surface area (Å²) in [5.41, 5.74) is 14.3. The molecule has 1 aliphatic rings. The Bertz CT molecular complexity index is 685. The highest BCUT2D eigenvalue weighted by molar-refractivity contribution is 6.08. The van der Waals surface area contributed by atoms with Gasteiger partial charge in [-0.15, -0.1) is 0 Å². The topological polar surface area (TPSA) is 103 Å². The van der Waals surface area contributed by atoms with Gasteiger partial charge in [0, 0.05) is 36.0 Å². The largest absolute Gasteiger partial charge is 0.461 e. The van der Waals surface area contributed by atoms with Crippen molar-refractivity contribution in [1.29, 1.82) is 0 Å². The first-order chi connectivity index (χ1) is 11.4. The Morgan fingerprint density at radius 1 is 1.50 bits per heavy atom. The molecule has 0 radical (unpaired) electrons. The first kappa shape index (κ1) is 17.9. The number of ether oxygens (including phenoxy) is 1. The monoisotopic (exact) mass is 334 g/mol. The van der Waals surface area contributed by atoms with Crippen LogP contribution in [0.1, 0.15) is 19.4 Å². The van der Waals surface area contributed by atoms with E-state index in [1.54, 1.807) is 13.0 Å². The number of esters is 1. The second-order valence-corrected chi connectivity index (χ2v) is 5.69. The van der Waals surface area contributed by atoms with Crippen molar-refractivity contribution in [3.05, 3.63) is 40.8 Å². The summed E-state index contributed by atoms with van der Waals surface area (Å²) >= 11 is 0. The highest BCUT2D eigenvalue weighted by Crippen LogP contribution is 2.19. The summed E-state index contributed by atoms with van der Waals surface area (Å²) in [7, 11) is 0. The standard InChI is InChI=1S/C17H23FN4O2/c1-3-24-17(23)15(20)13-9-21-7-10(2)16(13)22-8-11-4-5-12(18)6-14(11)19/h4-6,10,21H,3,7-9,19-20H2,1-2H3. The molecule has 130 valence electrons. The molecule has 1 aromatic rings. The van der Waals surface area contributed by atoms with Gasteiger partial charge in [0.1, 0.15) is 11.5 Å². The Labute approximate surface area is 140 Å². The van der Waals surface area contributed by atoms with E-state index in [1.807, 2.05) is 6.92 Å². The minimum atomic E-state index is -0.544. The van der Waals surface area contributed by atoms with Crippen LogP contribution in [0.2, 0.25) is 0 Å². The van der Waals surface area contributed by atoms with Gasteiger partial charge in [0.15, 0.2) is 0 Å². The third-order valence-corrected chi connectivity index (χ3v) is 3.88. The van der Waals surface area contributed by atoms with Gasteiger partial charge in [-0.25, -0.2) is 9.18 Å². The summed E-state index contributed by atoms with van der Waals surface area (Å²) in [4.78, 5) is 16.5. The third-order valence-electron chi connectivity index (χ3n) is 3.88. The fourth-order valence-corrected chi connectivity index (χ4v) is 2.59. The summed E-state index contributed by atoms with van der Waals surface area (Å²) in [5, 5.41) is 3.21. The molecule has 7 heteroatoms. The number of benzene rings is 1. The number of nitrogen functional groups attached to an aromatic ring is 1. The zero-order chi connectivity index (χ0) is 17.7. The van der Waals surface area contributed by atoms with Crippen molar-refractivity contribution in [2.75, 3.05) is 25.4 Å². The van der Waals surface area contributed by atoms with Crippen LogP contribution in [-0.2, 0) is 16.1 Å². The van der Waals surface area contributed by atoms with Crippen LogP contribution in [0, 0.1) is 11.7 Å². The second-order valence-electron chi connectivity index (χ2n) is 5.69. The number of nitrogens with one attached hydrogen (secondary N) is 1. The fourth-order valence-electron chi connectivity index (χ4n) is 2.59. The van der Waals surface area contributed by atoms with E-state index in [0.29, 0.717) is 24.4 Å². The highest BCUT2D eigenvalue weighted by Gasteiger charge is 2.25. The van der Waals surface area contributed by atoms with Crippen molar-refractivity contribution >= 4 is 17.4 Å². The number of piperidine rings is 1. The number of hydrogen-bond acceptors (Lipinski definition) is 6. The minimum Gasteiger partial charge on any atom is -0.461 e. The zero-order valence-corrected chi connectivity index (χ0v) is 13.9. The average Bonchev–Trinajstić information content (AvgIpc) is 2.54. The van der Waals surface area contributed by atoms with Gasteiger partial charge in [0.25, 0.3) is 0 Å². The van der Waals surface area contributed by atoms with Crippen LogP contribution in [0.4, 0.5) is 10.1 Å². The van der Waals surface area contributed by atoms with Crippen LogP contribution in [0.5, 0.6) is 0 Å². The van der Waals surface area contributed by atoms with E-state index in [4.69, 9.17) is 16.2 Å². The van der Waals surface area contributed by atoms with E-state index in [1.165, 1.54) is 12.1 Å². The van der Waals surface area contributed by atoms with E-state index in [0.717, 1.165) is 17.8 Å². The Morgan fingerprint density at radius 3 is 2.92 bits per heavy atom. The van der Waals surface area contributed by atoms with Crippen molar-refractivity contribution in [1.82, 2.24) is 5.32 Å². The Hall–Kier alpha value is -2.41. The predicted octanol–water partition coefficient (Wildman–Crippen LogP) is 1.36. The van der Waals surface area contributed by atoms with Crippen LogP contribution in [0.15, 0.2) is 34.5 Å². The van der Waals surface area contributed by atoms with Crippen LogP contribution >= 0.6 is 0 Å². The molecule has 0 spiro atoms. The zero-order valence-electron chi connectivity index (χ0n) is 13.9. The van der Waals surface area contributed by atoms with Crippen LogP contribution in [-0.4, -0.2) is 31.4 Å². The lowest BCUT2D eigenvalue weighted by molar-refractivity contribution is -0.138. The Kier molecular flexibility index (Phi) is 5.92. The number of nitrogens with two attached hydrogens (primary N) is 2. The average molecular weight is 334 g/mol. The van der Waals surface area contributed by atoms with Crippen molar-refractivity contribution in [2.45, 2.75) is 20.4 Å². The predicted molar refractivity (Wildman–Crippen MR) is 91.8 cm³/mol. The lowest BCUT2D eigenvalue weighted by Gasteiger charge is -2.26. The number of hydrogen-bond donors (Lipinski definition) is 3. The smallest absolute Gasteiger partial charge is 0.354 e. The van der Waals surface area contributed by atoms with E-state index in [2.05, 4.69) is 10.3 Å². The van der Waals surface area contributed by atoms with Crippen molar-refractivity contribution in [3.8, 4) is 0 Å². The maximum atomic E-state index is 13.1. The number of carbonyl (C=O) groups is 1. The lowest BCUT2D eigenvalue weighted by Crippen LogP contribution is -2.40. The number of rotatable bonds is 4. The minimum absolute atomic E-state index is 0.0710. The first-order valence-corrected chi connectivity index (χ1v) is 7.89. The normalized spacial score (nSPS) is 21.6. The Balaban J connectivity index is 2.31. The third kappa shape index (κ3) is 4.11. The van der Waals surface area contributed by atoms with Gasteiger partial charge >= 0.3 is 5.97 Å². The van der Waals surface area contributed by atoms with Crippen LogP contribution in [0.25, 0.3) is 0 Å². The van der Waals surface area contributed by atoms with E-state index in [-0.39, 0.29) is 24.0 Å². The fraction of sp³-hybridized carbons (Fsp3) is 0.412. The molecule has 24 heavy (non-hydrogen) atoms. The SMILES string of the molecule is CCOC(=O)C(N)=C1CNCC(C)C1=NCc1ccc(F)cc1N. The molecule has 1 atom stereocenters. The maximum absolute atomic E-state index is 13.1. The molecule has 0 bridgehead atoms. The molecule has 1 aromatic carbocycles. The summed E-state index contributed by atoms with van der Waals surface area (Å²) in [6.45, 7) is 5.46. The molecule has 5 N–H and O–H groups in total. The van der Waals surface area contributed by atoms with E-state index >= 15 is 0 Å². The number of halogens is 1. The molecule has 0 aromatic heterocycles. The molecule has 1 unspecified atom stereocenters. The molecule has 1 heterocycles. The quantitative estimate of drug-likeness (QED) is 0.438. The van der Waals surface area contributed by atoms with Gasteiger partial charge in [-0.1, -0.05) is 13.0 Å². The molecule has 6 nitrogen and oxygen atoms in total. The first-order valence-electron chi connectivity index (χ1n) is 7.89. The van der Waals surface area contributed by atoms with Crippen molar-refractivity contribution in [3.63, 3.8) is 0 Å². The van der Waals surface area contributed by atoms with Gasteiger partial charge in [0.2, 0.25) is 0 Å².